The van der Waals surface area contributed by atoms with Crippen molar-refractivity contribution in [2.75, 3.05) is 14.1 Å². The highest BCUT2D eigenvalue weighted by Gasteiger charge is 2.31. The van der Waals surface area contributed by atoms with Gasteiger partial charge in [0, 0.05) is 21.1 Å². The Hall–Kier alpha value is -3.24. The number of imidazole rings is 1. The van der Waals surface area contributed by atoms with Gasteiger partial charge in [0.25, 0.3) is 0 Å². The van der Waals surface area contributed by atoms with Crippen LogP contribution in [0.5, 0.6) is 0 Å². The monoisotopic (exact) mass is 383 g/mol. The maximum absolute atomic E-state index is 14.2. The lowest BCUT2D eigenvalue weighted by Gasteiger charge is -2.10. The molecule has 3 aromatic rings. The van der Waals surface area contributed by atoms with Crippen LogP contribution < -0.4 is 5.69 Å². The van der Waals surface area contributed by atoms with E-state index in [9.17, 15) is 27.2 Å². The van der Waals surface area contributed by atoms with E-state index in [1.807, 2.05) is 0 Å². The molecule has 0 atom stereocenters. The molecule has 2 heterocycles. The number of rotatable bonds is 1. The van der Waals surface area contributed by atoms with E-state index in [0.29, 0.717) is 12.1 Å². The van der Waals surface area contributed by atoms with Gasteiger partial charge in [-0.1, -0.05) is 0 Å². The molecule has 0 saturated heterocycles. The van der Waals surface area contributed by atoms with Gasteiger partial charge in [0.2, 0.25) is 0 Å². The van der Waals surface area contributed by atoms with Crippen LogP contribution in [0.15, 0.2) is 29.2 Å². The predicted molar refractivity (Wildman–Crippen MR) is 87.6 cm³/mol. The SMILES string of the molecule is CN(C)C(=O)n1c(=O)n(C)c2cnc(-c3ccc(C(F)(F)F)cc3F)nc21. The van der Waals surface area contributed by atoms with E-state index in [1.165, 1.54) is 27.3 Å². The normalized spacial score (nSPS) is 11.8. The van der Waals surface area contributed by atoms with Gasteiger partial charge in [-0.25, -0.2) is 23.9 Å². The summed E-state index contributed by atoms with van der Waals surface area (Å²) in [5, 5.41) is 0. The standard InChI is InChI=1S/C16H13F4N5O2/c1-23(2)14(26)25-13-11(24(3)15(25)27)7-21-12(22-13)9-5-4-8(6-10(9)17)16(18,19)20/h4-7H,1-3H3. The fraction of sp³-hybridized carbons (Fsp3) is 0.250. The molecule has 0 unspecified atom stereocenters. The number of carbonyl (C=O) groups is 1. The second kappa shape index (κ2) is 6.18. The average Bonchev–Trinajstić information content (AvgIpc) is 2.83. The van der Waals surface area contributed by atoms with Crippen LogP contribution in [0.1, 0.15) is 5.56 Å². The Labute approximate surface area is 149 Å². The number of hydrogen-bond acceptors (Lipinski definition) is 4. The molecule has 2 aromatic heterocycles. The largest absolute Gasteiger partial charge is 0.416 e. The molecule has 0 bridgehead atoms. The molecule has 0 aliphatic rings. The van der Waals surface area contributed by atoms with Crippen LogP contribution in [0.25, 0.3) is 22.6 Å². The summed E-state index contributed by atoms with van der Waals surface area (Å²) >= 11 is 0. The van der Waals surface area contributed by atoms with Crippen LogP contribution in [0.3, 0.4) is 0 Å². The van der Waals surface area contributed by atoms with Gasteiger partial charge in [0.1, 0.15) is 11.3 Å². The number of hydrogen-bond donors (Lipinski definition) is 0. The summed E-state index contributed by atoms with van der Waals surface area (Å²) in [5.41, 5.74) is -1.98. The molecule has 1 aromatic carbocycles. The minimum atomic E-state index is -4.69. The van der Waals surface area contributed by atoms with E-state index in [4.69, 9.17) is 0 Å². The third kappa shape index (κ3) is 3.04. The van der Waals surface area contributed by atoms with Gasteiger partial charge in [-0.2, -0.15) is 17.7 Å². The fourth-order valence-electron chi connectivity index (χ4n) is 2.49. The second-order valence-electron chi connectivity index (χ2n) is 5.95. The molecule has 27 heavy (non-hydrogen) atoms. The van der Waals surface area contributed by atoms with E-state index in [-0.39, 0.29) is 22.6 Å². The summed E-state index contributed by atoms with van der Waals surface area (Å²) in [7, 11) is 4.28. The Bertz CT molecular complexity index is 1110. The minimum absolute atomic E-state index is 0.0782. The molecule has 11 heteroatoms. The van der Waals surface area contributed by atoms with Crippen LogP contribution >= 0.6 is 0 Å². The van der Waals surface area contributed by atoms with Crippen molar-refractivity contribution in [3.8, 4) is 11.4 Å². The summed E-state index contributed by atoms with van der Waals surface area (Å²) < 4.78 is 54.2. The molecule has 3 rings (SSSR count). The van der Waals surface area contributed by atoms with E-state index < -0.39 is 29.3 Å². The summed E-state index contributed by atoms with van der Waals surface area (Å²) in [6.07, 6.45) is -3.49. The lowest BCUT2D eigenvalue weighted by Crippen LogP contribution is -2.35. The lowest BCUT2D eigenvalue weighted by molar-refractivity contribution is -0.137. The van der Waals surface area contributed by atoms with Crippen LogP contribution in [-0.4, -0.2) is 44.1 Å². The van der Waals surface area contributed by atoms with Crippen molar-refractivity contribution in [2.45, 2.75) is 6.18 Å². The average molecular weight is 383 g/mol. The number of nitrogens with zero attached hydrogens (tertiary/aromatic N) is 5. The molecule has 7 nitrogen and oxygen atoms in total. The van der Waals surface area contributed by atoms with Gasteiger partial charge in [0.15, 0.2) is 11.5 Å². The number of amides is 1. The highest BCUT2D eigenvalue weighted by molar-refractivity contribution is 5.87. The Morgan fingerprint density at radius 2 is 1.89 bits per heavy atom. The Balaban J connectivity index is 2.22. The Kier molecular flexibility index (Phi) is 4.25. The Morgan fingerprint density at radius 3 is 2.44 bits per heavy atom. The molecular formula is C16H13F4N5O2. The van der Waals surface area contributed by atoms with Crippen molar-refractivity contribution in [3.05, 3.63) is 46.3 Å². The highest BCUT2D eigenvalue weighted by atomic mass is 19.4. The quantitative estimate of drug-likeness (QED) is 0.606. The first-order chi connectivity index (χ1) is 12.5. The van der Waals surface area contributed by atoms with Crippen LogP contribution in [0.4, 0.5) is 22.4 Å². The molecule has 0 N–H and O–H groups in total. The lowest BCUT2D eigenvalue weighted by atomic mass is 10.1. The van der Waals surface area contributed by atoms with E-state index >= 15 is 0 Å². The van der Waals surface area contributed by atoms with Gasteiger partial charge >= 0.3 is 17.9 Å². The zero-order valence-electron chi connectivity index (χ0n) is 14.4. The van der Waals surface area contributed by atoms with E-state index in [1.54, 1.807) is 0 Å². The van der Waals surface area contributed by atoms with Gasteiger partial charge in [-0.05, 0) is 18.2 Å². The molecular weight excluding hydrogens is 370 g/mol. The number of fused-ring (bicyclic) bond motifs is 1. The number of alkyl halides is 3. The molecule has 0 aliphatic carbocycles. The van der Waals surface area contributed by atoms with Gasteiger partial charge < -0.3 is 4.90 Å². The first-order valence-electron chi connectivity index (χ1n) is 7.55. The summed E-state index contributed by atoms with van der Waals surface area (Å²) in [6.45, 7) is 0. The van der Waals surface area contributed by atoms with Crippen molar-refractivity contribution < 1.29 is 22.4 Å². The molecule has 0 radical (unpaired) electrons. The first-order valence-corrected chi connectivity index (χ1v) is 7.55. The number of aromatic nitrogens is 4. The first kappa shape index (κ1) is 18.5. The number of halogens is 4. The minimum Gasteiger partial charge on any atom is -0.330 e. The third-order valence-electron chi connectivity index (χ3n) is 3.91. The van der Waals surface area contributed by atoms with Crippen molar-refractivity contribution in [1.29, 1.82) is 0 Å². The van der Waals surface area contributed by atoms with Gasteiger partial charge in [-0.3, -0.25) is 4.57 Å². The number of aryl methyl sites for hydroxylation is 1. The van der Waals surface area contributed by atoms with Gasteiger partial charge in [0.05, 0.1) is 17.3 Å². The molecule has 0 aliphatic heterocycles. The smallest absolute Gasteiger partial charge is 0.330 e. The van der Waals surface area contributed by atoms with Gasteiger partial charge in [-0.15, -0.1) is 0 Å². The van der Waals surface area contributed by atoms with Crippen molar-refractivity contribution in [2.24, 2.45) is 7.05 Å². The molecule has 142 valence electrons. The van der Waals surface area contributed by atoms with Crippen molar-refractivity contribution in [1.82, 2.24) is 24.0 Å². The van der Waals surface area contributed by atoms with Crippen LogP contribution in [-0.2, 0) is 13.2 Å². The van der Waals surface area contributed by atoms with Crippen molar-refractivity contribution in [3.63, 3.8) is 0 Å². The van der Waals surface area contributed by atoms with Crippen LogP contribution in [0, 0.1) is 5.82 Å². The summed E-state index contributed by atoms with van der Waals surface area (Å²) in [5.74, 6) is -1.42. The van der Waals surface area contributed by atoms with E-state index in [2.05, 4.69) is 9.97 Å². The topological polar surface area (TPSA) is 73.0 Å². The maximum atomic E-state index is 14.2. The number of benzene rings is 1. The van der Waals surface area contributed by atoms with Crippen LogP contribution in [0.2, 0.25) is 0 Å². The Morgan fingerprint density at radius 1 is 1.22 bits per heavy atom. The molecule has 1 amide bonds. The zero-order valence-corrected chi connectivity index (χ0v) is 14.4. The molecule has 0 spiro atoms. The maximum Gasteiger partial charge on any atom is 0.416 e. The summed E-state index contributed by atoms with van der Waals surface area (Å²) in [6, 6.07) is 1.27. The zero-order chi connectivity index (χ0) is 20.1. The predicted octanol–water partition coefficient (Wildman–Crippen LogP) is 2.48. The number of carbonyl (C=O) groups excluding carboxylic acids is 1. The fourth-order valence-corrected chi connectivity index (χ4v) is 2.49. The second-order valence-corrected chi connectivity index (χ2v) is 5.95. The van der Waals surface area contributed by atoms with E-state index in [0.717, 1.165) is 20.1 Å². The molecule has 0 saturated carbocycles. The molecule has 0 fully saturated rings. The highest BCUT2D eigenvalue weighted by Crippen LogP contribution is 2.32. The summed E-state index contributed by atoms with van der Waals surface area (Å²) in [4.78, 5) is 33.7. The third-order valence-corrected chi connectivity index (χ3v) is 3.91. The van der Waals surface area contributed by atoms with Crippen molar-refractivity contribution >= 4 is 17.2 Å².